The van der Waals surface area contributed by atoms with E-state index in [1.165, 1.54) is 96.9 Å². The molecule has 250 valence electrons. The molecule has 3 saturated heterocycles. The Kier molecular flexibility index (Phi) is 10.8. The minimum absolute atomic E-state index is 0.620. The summed E-state index contributed by atoms with van der Waals surface area (Å²) in [6, 6.07) is 0. The molecule has 0 aromatic heterocycles. The van der Waals surface area contributed by atoms with Crippen LogP contribution < -0.4 is 10.6 Å². The molecule has 3 heteroatoms. The molecule has 0 bridgehead atoms. The van der Waals surface area contributed by atoms with E-state index < -0.39 is 0 Å². The summed E-state index contributed by atoms with van der Waals surface area (Å²) in [7, 11) is 2.27. The minimum Gasteiger partial charge on any atom is -0.316 e. The van der Waals surface area contributed by atoms with Gasteiger partial charge in [-0.3, -0.25) is 0 Å². The Morgan fingerprint density at radius 1 is 0.605 bits per heavy atom. The average molecular weight is 598 g/mol. The molecule has 43 heavy (non-hydrogen) atoms. The lowest BCUT2D eigenvalue weighted by molar-refractivity contribution is 0.0322. The van der Waals surface area contributed by atoms with Gasteiger partial charge in [0.1, 0.15) is 0 Å². The molecular weight excluding hydrogens is 522 g/mol. The van der Waals surface area contributed by atoms with Crippen molar-refractivity contribution < 1.29 is 0 Å². The van der Waals surface area contributed by atoms with Gasteiger partial charge >= 0.3 is 0 Å². The van der Waals surface area contributed by atoms with Crippen LogP contribution in [-0.4, -0.2) is 50.2 Å². The van der Waals surface area contributed by atoms with Gasteiger partial charge in [0, 0.05) is 25.2 Å². The minimum atomic E-state index is 0.620. The van der Waals surface area contributed by atoms with Crippen LogP contribution in [0.1, 0.15) is 145 Å². The molecule has 2 atom stereocenters. The van der Waals surface area contributed by atoms with Crippen molar-refractivity contribution in [3.05, 3.63) is 0 Å². The van der Waals surface area contributed by atoms with E-state index in [0.29, 0.717) is 5.54 Å². The number of nitrogens with zero attached hydrogens (tertiary/aromatic N) is 1. The van der Waals surface area contributed by atoms with Crippen molar-refractivity contribution in [3.63, 3.8) is 0 Å². The van der Waals surface area contributed by atoms with Crippen LogP contribution in [0.2, 0.25) is 0 Å². The fourth-order valence-corrected chi connectivity index (χ4v) is 11.0. The van der Waals surface area contributed by atoms with E-state index in [1.54, 1.807) is 25.7 Å². The highest BCUT2D eigenvalue weighted by Crippen LogP contribution is 2.59. The van der Waals surface area contributed by atoms with Gasteiger partial charge in [-0.1, -0.05) is 68.2 Å². The van der Waals surface area contributed by atoms with Gasteiger partial charge in [-0.15, -0.1) is 0 Å². The SMILES string of the molecule is CC(C)C1CC2(CCCC2)C1.CC(C)C1CC2(CCCN2)C1.CC(C)C1CN(C)CC12CC2.CC(C)C1CNCC12CC2. The number of rotatable bonds is 4. The Balaban J connectivity index is 0.000000114. The van der Waals surface area contributed by atoms with Crippen LogP contribution in [0, 0.1) is 63.6 Å². The third kappa shape index (κ3) is 7.89. The van der Waals surface area contributed by atoms with E-state index in [-0.39, 0.29) is 0 Å². The van der Waals surface area contributed by atoms with E-state index in [9.17, 15) is 0 Å². The van der Waals surface area contributed by atoms with Gasteiger partial charge in [0.2, 0.25) is 0 Å². The smallest absolute Gasteiger partial charge is 0.0187 e. The largest absolute Gasteiger partial charge is 0.316 e. The number of nitrogens with one attached hydrogen (secondary N) is 2. The van der Waals surface area contributed by atoms with Gasteiger partial charge in [0.05, 0.1) is 0 Å². The highest BCUT2D eigenvalue weighted by Gasteiger charge is 2.55. The Bertz CT molecular complexity index is 816. The van der Waals surface area contributed by atoms with Gasteiger partial charge in [0.15, 0.2) is 0 Å². The molecule has 3 heterocycles. The first-order valence-corrected chi connectivity index (χ1v) is 19.5. The van der Waals surface area contributed by atoms with Crippen molar-refractivity contribution in [2.45, 2.75) is 151 Å². The summed E-state index contributed by atoms with van der Waals surface area (Å²) in [4.78, 5) is 2.51. The Labute approximate surface area is 269 Å². The number of likely N-dealkylation sites (tertiary alicyclic amines) is 1. The molecule has 4 spiro atoms. The van der Waals surface area contributed by atoms with Gasteiger partial charge in [-0.25, -0.2) is 0 Å². The lowest BCUT2D eigenvalue weighted by Gasteiger charge is -2.47. The zero-order valence-corrected chi connectivity index (χ0v) is 30.5. The highest BCUT2D eigenvalue weighted by atomic mass is 15.1. The molecule has 2 unspecified atom stereocenters. The molecule has 0 aromatic carbocycles. The summed E-state index contributed by atoms with van der Waals surface area (Å²) in [5.74, 6) is 7.69. The third-order valence-corrected chi connectivity index (χ3v) is 14.5. The van der Waals surface area contributed by atoms with Crippen molar-refractivity contribution in [1.82, 2.24) is 15.5 Å². The molecule has 8 rings (SSSR count). The van der Waals surface area contributed by atoms with Crippen molar-refractivity contribution in [2.24, 2.45) is 63.6 Å². The van der Waals surface area contributed by atoms with Crippen molar-refractivity contribution in [3.8, 4) is 0 Å². The second kappa shape index (κ2) is 13.5. The lowest BCUT2D eigenvalue weighted by Crippen LogP contribution is -2.52. The normalized spacial score (nSPS) is 33.8. The molecule has 5 aliphatic carbocycles. The maximum Gasteiger partial charge on any atom is 0.0187 e. The zero-order valence-electron chi connectivity index (χ0n) is 30.5. The maximum atomic E-state index is 3.65. The molecule has 3 aliphatic heterocycles. The third-order valence-electron chi connectivity index (χ3n) is 14.5. The second-order valence-corrected chi connectivity index (χ2v) is 19.1. The fourth-order valence-electron chi connectivity index (χ4n) is 11.0. The predicted molar refractivity (Wildman–Crippen MR) is 186 cm³/mol. The van der Waals surface area contributed by atoms with Gasteiger partial charge < -0.3 is 15.5 Å². The fraction of sp³-hybridized carbons (Fsp3) is 1.00. The van der Waals surface area contributed by atoms with Crippen molar-refractivity contribution in [1.29, 1.82) is 0 Å². The Hall–Kier alpha value is -0.120. The first-order chi connectivity index (χ1) is 20.3. The van der Waals surface area contributed by atoms with Crippen molar-refractivity contribution in [2.75, 3.05) is 39.8 Å². The van der Waals surface area contributed by atoms with Crippen molar-refractivity contribution >= 4 is 0 Å². The monoisotopic (exact) mass is 598 g/mol. The van der Waals surface area contributed by atoms with Gasteiger partial charge in [-0.2, -0.15) is 0 Å². The van der Waals surface area contributed by atoms with Crippen LogP contribution in [0.5, 0.6) is 0 Å². The number of hydrogen-bond acceptors (Lipinski definition) is 3. The molecule has 8 aliphatic rings. The van der Waals surface area contributed by atoms with E-state index in [4.69, 9.17) is 0 Å². The van der Waals surface area contributed by atoms with E-state index in [1.807, 2.05) is 0 Å². The molecule has 8 fully saturated rings. The Morgan fingerprint density at radius 2 is 1.16 bits per heavy atom. The predicted octanol–water partition coefficient (Wildman–Crippen LogP) is 9.41. The van der Waals surface area contributed by atoms with Crippen LogP contribution in [0.15, 0.2) is 0 Å². The van der Waals surface area contributed by atoms with Crippen LogP contribution in [0.3, 0.4) is 0 Å². The lowest BCUT2D eigenvalue weighted by atomic mass is 9.58. The molecule has 0 aromatic rings. The molecule has 0 amide bonds. The summed E-state index contributed by atoms with van der Waals surface area (Å²) >= 11 is 0. The van der Waals surface area contributed by atoms with Crippen LogP contribution in [0.4, 0.5) is 0 Å². The van der Waals surface area contributed by atoms with Crippen LogP contribution in [-0.2, 0) is 0 Å². The van der Waals surface area contributed by atoms with Crippen LogP contribution in [0.25, 0.3) is 0 Å². The topological polar surface area (TPSA) is 27.3 Å². The Morgan fingerprint density at radius 3 is 1.58 bits per heavy atom. The standard InChI is InChI=1S/C11H20.2C10H19N.C9H17N/c1-9(2)10-7-11(8-10)5-3-4-6-11;1-8(2)9-6-11(3)7-10(9)4-5-10;1-8(2)9-6-10(7-9)4-3-5-11-10;1-7(2)8-5-10-6-9(8)3-4-9/h9-10H,3-8H2,1-2H3;8-9H,4-7H2,1-3H3;8-9,11H,3-7H2,1-2H3;7-8,10H,3-6H2,1-2H3. The highest BCUT2D eigenvalue weighted by molar-refractivity contribution is 5.07. The molecule has 0 radical (unpaired) electrons. The van der Waals surface area contributed by atoms with Gasteiger partial charge in [0.25, 0.3) is 0 Å². The van der Waals surface area contributed by atoms with Crippen LogP contribution >= 0.6 is 0 Å². The molecule has 2 N–H and O–H groups in total. The second-order valence-electron chi connectivity index (χ2n) is 19.1. The summed E-state index contributed by atoms with van der Waals surface area (Å²) < 4.78 is 0. The van der Waals surface area contributed by atoms with Gasteiger partial charge in [-0.05, 0) is 161 Å². The molecule has 5 saturated carbocycles. The summed E-state index contributed by atoms with van der Waals surface area (Å²) in [6.45, 7) is 25.5. The molecular formula is C40H75N3. The van der Waals surface area contributed by atoms with E-state index in [0.717, 1.165) is 63.6 Å². The molecule has 3 nitrogen and oxygen atoms in total. The average Bonchev–Trinajstić information content (AvgIpc) is 3.51. The first kappa shape index (κ1) is 34.2. The quantitative estimate of drug-likeness (QED) is 0.338. The summed E-state index contributed by atoms with van der Waals surface area (Å²) in [5.41, 5.74) is 3.04. The maximum absolute atomic E-state index is 3.65. The van der Waals surface area contributed by atoms with E-state index in [2.05, 4.69) is 78.0 Å². The van der Waals surface area contributed by atoms with E-state index >= 15 is 0 Å². The first-order valence-electron chi connectivity index (χ1n) is 19.5. The zero-order chi connectivity index (χ0) is 31.0. The number of hydrogen-bond donors (Lipinski definition) is 2. The summed E-state index contributed by atoms with van der Waals surface area (Å²) in [5, 5.41) is 7.16. The summed E-state index contributed by atoms with van der Waals surface area (Å²) in [6.07, 6.45) is 21.0.